The molecule has 3 aromatic rings. The summed E-state index contributed by atoms with van der Waals surface area (Å²) in [5, 5.41) is 13.2. The molecule has 0 saturated heterocycles. The third-order valence-electron chi connectivity index (χ3n) is 8.71. The molecule has 0 aliphatic heterocycles. The Labute approximate surface area is 200 Å². The molecule has 1 aromatic heterocycles. The molecule has 0 spiro atoms. The van der Waals surface area contributed by atoms with Gasteiger partial charge in [-0.25, -0.2) is 0 Å². The predicted molar refractivity (Wildman–Crippen MR) is 125 cm³/mol. The molecule has 184 valence electrons. The van der Waals surface area contributed by atoms with E-state index in [1.165, 1.54) is 12.1 Å². The Hall–Kier alpha value is -3.29. The summed E-state index contributed by atoms with van der Waals surface area (Å²) in [5.74, 6) is -0.584. The average Bonchev–Trinajstić information content (AvgIpc) is 3.23. The summed E-state index contributed by atoms with van der Waals surface area (Å²) >= 11 is 0. The Kier molecular flexibility index (Phi) is 5.27. The van der Waals surface area contributed by atoms with E-state index in [4.69, 9.17) is 5.11 Å². The van der Waals surface area contributed by atoms with Crippen LogP contribution in [0.1, 0.15) is 54.6 Å². The van der Waals surface area contributed by atoms with E-state index in [1.807, 2.05) is 29.0 Å². The van der Waals surface area contributed by atoms with Crippen molar-refractivity contribution in [3.63, 3.8) is 0 Å². The molecule has 4 atom stereocenters. The fourth-order valence-corrected chi connectivity index (χ4v) is 6.55. The first-order valence-corrected chi connectivity index (χ1v) is 11.8. The standard InChI is InChI=1S/C27H27F3N2O3/c1-16-25(12-10-22(33)34)15-26(16,17(25)2)31-24(35)21-5-3-4-19-11-13-32(23(19)21)14-18-6-8-20(9-7-18)27(28,29)30/h3-9,11,13,16-17H,10,12,14-15H2,1-2H3,(H,31,35)(H,33,34)/t16-,17?,25?,26?/m0/s1. The number of halogens is 3. The Bertz CT molecular complexity index is 1300. The number of para-hydroxylation sites is 1. The summed E-state index contributed by atoms with van der Waals surface area (Å²) in [7, 11) is 0. The summed E-state index contributed by atoms with van der Waals surface area (Å²) in [5.41, 5.74) is 0.901. The lowest BCUT2D eigenvalue weighted by molar-refractivity contribution is -0.279. The van der Waals surface area contributed by atoms with E-state index in [-0.39, 0.29) is 35.1 Å². The number of amides is 1. The highest BCUT2D eigenvalue weighted by molar-refractivity contribution is 6.06. The third kappa shape index (κ3) is 3.53. The number of fused-ring (bicyclic) bond motifs is 1. The molecule has 35 heavy (non-hydrogen) atoms. The van der Waals surface area contributed by atoms with Crippen molar-refractivity contribution in [1.29, 1.82) is 0 Å². The fourth-order valence-electron chi connectivity index (χ4n) is 6.55. The van der Waals surface area contributed by atoms with Gasteiger partial charge in [-0.15, -0.1) is 0 Å². The van der Waals surface area contributed by atoms with E-state index >= 15 is 0 Å². The largest absolute Gasteiger partial charge is 0.481 e. The second-order valence-corrected chi connectivity index (χ2v) is 10.1. The summed E-state index contributed by atoms with van der Waals surface area (Å²) in [6.45, 7) is 4.50. The molecule has 1 amide bonds. The minimum absolute atomic E-state index is 0.0273. The van der Waals surface area contributed by atoms with Crippen molar-refractivity contribution >= 4 is 22.8 Å². The molecular formula is C27H27F3N2O3. The number of alkyl halides is 3. The van der Waals surface area contributed by atoms with E-state index < -0.39 is 17.7 Å². The molecule has 3 aliphatic rings. The smallest absolute Gasteiger partial charge is 0.416 e. The Morgan fingerprint density at radius 3 is 2.37 bits per heavy atom. The van der Waals surface area contributed by atoms with E-state index in [2.05, 4.69) is 19.2 Å². The minimum Gasteiger partial charge on any atom is -0.481 e. The lowest BCUT2D eigenvalue weighted by Gasteiger charge is -2.80. The maximum absolute atomic E-state index is 13.5. The quantitative estimate of drug-likeness (QED) is 0.451. The number of rotatable bonds is 7. The van der Waals surface area contributed by atoms with Crippen molar-refractivity contribution in [2.24, 2.45) is 17.3 Å². The number of carboxylic acid groups (broad SMARTS) is 1. The molecular weight excluding hydrogens is 457 g/mol. The summed E-state index contributed by atoms with van der Waals surface area (Å²) in [6, 6.07) is 12.4. The molecule has 5 nitrogen and oxygen atoms in total. The number of carboxylic acids is 1. The molecule has 3 fully saturated rings. The van der Waals surface area contributed by atoms with Crippen LogP contribution in [0.25, 0.3) is 10.9 Å². The zero-order valence-corrected chi connectivity index (χ0v) is 19.5. The molecule has 3 saturated carbocycles. The van der Waals surface area contributed by atoms with Crippen LogP contribution in [0.4, 0.5) is 13.2 Å². The minimum atomic E-state index is -4.38. The van der Waals surface area contributed by atoms with Crippen LogP contribution in [-0.4, -0.2) is 27.1 Å². The number of nitrogens with zero attached hydrogens (tertiary/aromatic N) is 1. The number of hydrogen-bond donors (Lipinski definition) is 2. The molecule has 2 bridgehead atoms. The number of aliphatic carboxylic acids is 1. The lowest BCUT2D eigenvalue weighted by atomic mass is 9.27. The van der Waals surface area contributed by atoms with Gasteiger partial charge in [0.1, 0.15) is 0 Å². The first-order valence-electron chi connectivity index (χ1n) is 11.8. The fraction of sp³-hybridized carbons (Fsp3) is 0.407. The van der Waals surface area contributed by atoms with E-state index in [0.29, 0.717) is 24.1 Å². The maximum atomic E-state index is 13.5. The number of aromatic nitrogens is 1. The summed E-state index contributed by atoms with van der Waals surface area (Å²) < 4.78 is 40.6. The van der Waals surface area contributed by atoms with Crippen LogP contribution in [0.2, 0.25) is 0 Å². The van der Waals surface area contributed by atoms with Gasteiger partial charge >= 0.3 is 12.1 Å². The Morgan fingerprint density at radius 1 is 1.09 bits per heavy atom. The molecule has 2 aromatic carbocycles. The van der Waals surface area contributed by atoms with Gasteiger partial charge in [-0.05, 0) is 59.9 Å². The number of carbonyl (C=O) groups is 2. The van der Waals surface area contributed by atoms with Crippen molar-refractivity contribution in [2.75, 3.05) is 0 Å². The normalized spacial score (nSPS) is 27.2. The average molecular weight is 485 g/mol. The number of hydrogen-bond acceptors (Lipinski definition) is 2. The molecule has 8 heteroatoms. The maximum Gasteiger partial charge on any atom is 0.416 e. The highest BCUT2D eigenvalue weighted by Gasteiger charge is 2.78. The van der Waals surface area contributed by atoms with Gasteiger partial charge in [-0.2, -0.15) is 13.2 Å². The van der Waals surface area contributed by atoms with E-state index in [1.54, 1.807) is 6.07 Å². The topological polar surface area (TPSA) is 71.3 Å². The number of nitrogens with one attached hydrogen (secondary N) is 1. The van der Waals surface area contributed by atoms with Crippen LogP contribution < -0.4 is 5.32 Å². The zero-order valence-electron chi connectivity index (χ0n) is 19.5. The van der Waals surface area contributed by atoms with Gasteiger partial charge in [-0.1, -0.05) is 38.1 Å². The summed E-state index contributed by atoms with van der Waals surface area (Å²) in [4.78, 5) is 24.5. The van der Waals surface area contributed by atoms with Crippen LogP contribution in [0, 0.1) is 17.3 Å². The monoisotopic (exact) mass is 484 g/mol. The van der Waals surface area contributed by atoms with Crippen LogP contribution in [-0.2, 0) is 17.5 Å². The zero-order chi connectivity index (χ0) is 25.2. The first-order chi connectivity index (χ1) is 16.5. The SMILES string of the molecule is CC1C2(CCC(=O)O)CC1(NC(=O)c1cccc3ccn(Cc4ccc(C(F)(F)F)cc4)c13)[C@H]2C. The Balaban J connectivity index is 1.37. The molecule has 2 N–H and O–H groups in total. The molecule has 1 heterocycles. The van der Waals surface area contributed by atoms with Gasteiger partial charge in [0.2, 0.25) is 0 Å². The Morgan fingerprint density at radius 2 is 1.77 bits per heavy atom. The van der Waals surface area contributed by atoms with Crippen LogP contribution in [0.5, 0.6) is 0 Å². The van der Waals surface area contributed by atoms with Crippen molar-refractivity contribution in [1.82, 2.24) is 9.88 Å². The third-order valence-corrected chi connectivity index (χ3v) is 8.71. The molecule has 6 rings (SSSR count). The highest BCUT2D eigenvalue weighted by Crippen LogP contribution is 2.76. The van der Waals surface area contributed by atoms with E-state index in [0.717, 1.165) is 29.5 Å². The molecule has 0 radical (unpaired) electrons. The van der Waals surface area contributed by atoms with Gasteiger partial charge in [0.25, 0.3) is 5.91 Å². The van der Waals surface area contributed by atoms with Gasteiger partial charge in [0, 0.05) is 30.1 Å². The number of benzene rings is 2. The molecule has 3 unspecified atom stereocenters. The highest BCUT2D eigenvalue weighted by atomic mass is 19.4. The van der Waals surface area contributed by atoms with Crippen LogP contribution >= 0.6 is 0 Å². The van der Waals surface area contributed by atoms with Crippen molar-refractivity contribution in [3.8, 4) is 0 Å². The second kappa shape index (κ2) is 7.86. The first kappa shape index (κ1) is 23.5. The van der Waals surface area contributed by atoms with Crippen molar-refractivity contribution in [3.05, 3.63) is 71.4 Å². The summed E-state index contributed by atoms with van der Waals surface area (Å²) in [6.07, 6.45) is -1.01. The molecule has 3 aliphatic carbocycles. The van der Waals surface area contributed by atoms with E-state index in [9.17, 15) is 22.8 Å². The van der Waals surface area contributed by atoms with Crippen molar-refractivity contribution < 1.29 is 27.9 Å². The van der Waals surface area contributed by atoms with Gasteiger partial charge in [-0.3, -0.25) is 9.59 Å². The van der Waals surface area contributed by atoms with Gasteiger partial charge in [0.05, 0.1) is 16.6 Å². The van der Waals surface area contributed by atoms with Crippen LogP contribution in [0.15, 0.2) is 54.7 Å². The predicted octanol–water partition coefficient (Wildman–Crippen LogP) is 5.72. The second-order valence-electron chi connectivity index (χ2n) is 10.1. The number of carbonyl (C=O) groups excluding carboxylic acids is 1. The van der Waals surface area contributed by atoms with Gasteiger partial charge in [0.15, 0.2) is 0 Å². The van der Waals surface area contributed by atoms with Crippen molar-refractivity contribution in [2.45, 2.75) is 51.4 Å². The van der Waals surface area contributed by atoms with Gasteiger partial charge < -0.3 is 15.0 Å². The lowest BCUT2D eigenvalue weighted by Crippen LogP contribution is -2.86. The van der Waals surface area contributed by atoms with Crippen LogP contribution in [0.3, 0.4) is 0 Å².